The molecule has 164 valence electrons. The Morgan fingerprint density at radius 2 is 2.06 bits per heavy atom. The predicted molar refractivity (Wildman–Crippen MR) is 122 cm³/mol. The van der Waals surface area contributed by atoms with Crippen LogP contribution in [0.3, 0.4) is 0 Å². The zero-order chi connectivity index (χ0) is 22.8. The number of hydrogen-bond donors (Lipinski definition) is 2. The van der Waals surface area contributed by atoms with Crippen LogP contribution < -0.4 is 10.6 Å². The fourth-order valence-electron chi connectivity index (χ4n) is 3.67. The molecule has 3 heterocycles. The molecular weight excluding hydrogens is 428 g/mol. The molecule has 1 aliphatic heterocycles. The number of aryl methyl sites for hydroxylation is 1. The van der Waals surface area contributed by atoms with Gasteiger partial charge in [0, 0.05) is 30.4 Å². The van der Waals surface area contributed by atoms with Crippen molar-refractivity contribution in [3.63, 3.8) is 0 Å². The minimum absolute atomic E-state index is 0.0306. The van der Waals surface area contributed by atoms with E-state index < -0.39 is 0 Å². The Morgan fingerprint density at radius 3 is 2.81 bits per heavy atom. The van der Waals surface area contributed by atoms with Crippen molar-refractivity contribution in [2.45, 2.75) is 26.4 Å². The SMILES string of the molecule is CNc1ncc(Cl)c(-c2ccc3c(c2)C(=O)N(CC(=O)NC(C)c2cccc(C)n2)C3)n1. The zero-order valence-electron chi connectivity index (χ0n) is 18.0. The normalized spacial score (nSPS) is 13.6. The van der Waals surface area contributed by atoms with E-state index in [4.69, 9.17) is 11.6 Å². The van der Waals surface area contributed by atoms with Crippen molar-refractivity contribution in [3.8, 4) is 11.3 Å². The van der Waals surface area contributed by atoms with E-state index in [1.165, 1.54) is 11.1 Å². The number of halogens is 1. The first kappa shape index (κ1) is 21.7. The lowest BCUT2D eigenvalue weighted by atomic mass is 10.0. The summed E-state index contributed by atoms with van der Waals surface area (Å²) in [4.78, 5) is 40.0. The molecule has 3 aromatic rings. The summed E-state index contributed by atoms with van der Waals surface area (Å²) in [5.41, 5.74) is 4.32. The Bertz CT molecular complexity index is 1200. The van der Waals surface area contributed by atoms with Gasteiger partial charge in [-0.15, -0.1) is 0 Å². The van der Waals surface area contributed by atoms with E-state index in [0.29, 0.717) is 34.3 Å². The Kier molecular flexibility index (Phi) is 6.05. The first-order chi connectivity index (χ1) is 15.4. The molecule has 4 rings (SSSR count). The van der Waals surface area contributed by atoms with Gasteiger partial charge in [0.15, 0.2) is 0 Å². The molecule has 0 saturated heterocycles. The number of pyridine rings is 1. The summed E-state index contributed by atoms with van der Waals surface area (Å²) in [6.45, 7) is 4.12. The molecule has 2 amide bonds. The number of fused-ring (bicyclic) bond motifs is 1. The highest BCUT2D eigenvalue weighted by Gasteiger charge is 2.30. The van der Waals surface area contributed by atoms with Crippen LogP contribution in [0.15, 0.2) is 42.6 Å². The van der Waals surface area contributed by atoms with Gasteiger partial charge in [-0.2, -0.15) is 0 Å². The summed E-state index contributed by atoms with van der Waals surface area (Å²) in [6.07, 6.45) is 1.52. The average molecular weight is 451 g/mol. The summed E-state index contributed by atoms with van der Waals surface area (Å²) < 4.78 is 0. The second kappa shape index (κ2) is 8.92. The summed E-state index contributed by atoms with van der Waals surface area (Å²) in [7, 11) is 1.72. The number of nitrogens with one attached hydrogen (secondary N) is 2. The number of hydrogen-bond acceptors (Lipinski definition) is 6. The summed E-state index contributed by atoms with van der Waals surface area (Å²) in [5.74, 6) is 0.00351. The highest BCUT2D eigenvalue weighted by Crippen LogP contribution is 2.31. The van der Waals surface area contributed by atoms with Crippen molar-refractivity contribution >= 4 is 29.4 Å². The van der Waals surface area contributed by atoms with Crippen LogP contribution in [-0.4, -0.2) is 45.3 Å². The topological polar surface area (TPSA) is 100 Å². The Hall–Kier alpha value is -3.52. The second-order valence-corrected chi connectivity index (χ2v) is 8.07. The standard InChI is InChI=1S/C23H23ClN6O2/c1-13-5-4-6-19(27-13)14(2)28-20(31)12-30-11-16-8-7-15(9-17(16)22(30)32)21-18(24)10-26-23(25-3)29-21/h4-10,14H,11-12H2,1-3H3,(H,28,31)(H,25,26,29). The average Bonchev–Trinajstić information content (AvgIpc) is 3.08. The number of aromatic nitrogens is 3. The van der Waals surface area contributed by atoms with Crippen LogP contribution in [0.25, 0.3) is 11.3 Å². The lowest BCUT2D eigenvalue weighted by Crippen LogP contribution is -2.38. The van der Waals surface area contributed by atoms with Crippen molar-refractivity contribution in [1.82, 2.24) is 25.2 Å². The van der Waals surface area contributed by atoms with Crippen LogP contribution in [0.5, 0.6) is 0 Å². The van der Waals surface area contributed by atoms with Gasteiger partial charge in [-0.3, -0.25) is 14.6 Å². The number of nitrogens with zero attached hydrogens (tertiary/aromatic N) is 4. The van der Waals surface area contributed by atoms with E-state index in [1.807, 2.05) is 44.2 Å². The predicted octanol–water partition coefficient (Wildman–Crippen LogP) is 3.38. The van der Waals surface area contributed by atoms with Crippen LogP contribution in [0.2, 0.25) is 5.02 Å². The summed E-state index contributed by atoms with van der Waals surface area (Å²) in [6, 6.07) is 10.9. The third-order valence-electron chi connectivity index (χ3n) is 5.30. The minimum Gasteiger partial charge on any atom is -0.357 e. The zero-order valence-corrected chi connectivity index (χ0v) is 18.8. The van der Waals surface area contributed by atoms with Crippen molar-refractivity contribution in [3.05, 3.63) is 70.1 Å². The van der Waals surface area contributed by atoms with E-state index in [2.05, 4.69) is 25.6 Å². The minimum atomic E-state index is -0.254. The fraction of sp³-hybridized carbons (Fsp3) is 0.261. The number of benzene rings is 1. The van der Waals surface area contributed by atoms with E-state index >= 15 is 0 Å². The van der Waals surface area contributed by atoms with E-state index in [-0.39, 0.29) is 24.4 Å². The van der Waals surface area contributed by atoms with Crippen LogP contribution >= 0.6 is 11.6 Å². The Morgan fingerprint density at radius 1 is 1.25 bits per heavy atom. The molecule has 0 radical (unpaired) electrons. The first-order valence-corrected chi connectivity index (χ1v) is 10.6. The van der Waals surface area contributed by atoms with Gasteiger partial charge in [0.1, 0.15) is 6.54 Å². The third kappa shape index (κ3) is 4.40. The van der Waals surface area contributed by atoms with Crippen molar-refractivity contribution in [1.29, 1.82) is 0 Å². The van der Waals surface area contributed by atoms with Gasteiger partial charge >= 0.3 is 0 Å². The van der Waals surface area contributed by atoms with Gasteiger partial charge in [0.2, 0.25) is 11.9 Å². The lowest BCUT2D eigenvalue weighted by Gasteiger charge is -2.18. The molecule has 1 aliphatic rings. The quantitative estimate of drug-likeness (QED) is 0.597. The molecule has 1 unspecified atom stereocenters. The lowest BCUT2D eigenvalue weighted by molar-refractivity contribution is -0.122. The van der Waals surface area contributed by atoms with E-state index in [0.717, 1.165) is 17.0 Å². The van der Waals surface area contributed by atoms with Gasteiger partial charge < -0.3 is 15.5 Å². The maximum atomic E-state index is 13.0. The Balaban J connectivity index is 1.47. The molecule has 0 bridgehead atoms. The van der Waals surface area contributed by atoms with Crippen LogP contribution in [0, 0.1) is 6.92 Å². The molecule has 32 heavy (non-hydrogen) atoms. The highest BCUT2D eigenvalue weighted by molar-refractivity contribution is 6.33. The first-order valence-electron chi connectivity index (χ1n) is 10.2. The summed E-state index contributed by atoms with van der Waals surface area (Å²) in [5, 5.41) is 6.19. The Labute approximate surface area is 191 Å². The molecule has 0 saturated carbocycles. The maximum Gasteiger partial charge on any atom is 0.254 e. The second-order valence-electron chi connectivity index (χ2n) is 7.67. The van der Waals surface area contributed by atoms with Gasteiger partial charge in [-0.25, -0.2) is 9.97 Å². The van der Waals surface area contributed by atoms with Crippen molar-refractivity contribution in [2.75, 3.05) is 18.9 Å². The van der Waals surface area contributed by atoms with Crippen molar-refractivity contribution < 1.29 is 9.59 Å². The van der Waals surface area contributed by atoms with Gasteiger partial charge in [-0.05, 0) is 37.6 Å². The highest BCUT2D eigenvalue weighted by atomic mass is 35.5. The molecular formula is C23H23ClN6O2. The molecule has 1 aromatic carbocycles. The molecule has 2 aromatic heterocycles. The molecule has 8 nitrogen and oxygen atoms in total. The number of rotatable bonds is 6. The number of amides is 2. The monoisotopic (exact) mass is 450 g/mol. The number of carbonyl (C=O) groups excluding carboxylic acids is 2. The molecule has 1 atom stereocenters. The van der Waals surface area contributed by atoms with Crippen LogP contribution in [-0.2, 0) is 11.3 Å². The summed E-state index contributed by atoms with van der Waals surface area (Å²) >= 11 is 6.28. The van der Waals surface area contributed by atoms with Crippen LogP contribution in [0.4, 0.5) is 5.95 Å². The molecule has 0 aliphatic carbocycles. The van der Waals surface area contributed by atoms with Gasteiger partial charge in [0.05, 0.1) is 28.6 Å². The van der Waals surface area contributed by atoms with Gasteiger partial charge in [0.25, 0.3) is 5.91 Å². The molecule has 9 heteroatoms. The molecule has 0 fully saturated rings. The maximum absolute atomic E-state index is 13.0. The molecule has 0 spiro atoms. The molecule has 2 N–H and O–H groups in total. The largest absolute Gasteiger partial charge is 0.357 e. The third-order valence-corrected chi connectivity index (χ3v) is 5.57. The van der Waals surface area contributed by atoms with E-state index in [9.17, 15) is 9.59 Å². The van der Waals surface area contributed by atoms with E-state index in [1.54, 1.807) is 13.1 Å². The smallest absolute Gasteiger partial charge is 0.254 e. The van der Waals surface area contributed by atoms with Gasteiger partial charge in [-0.1, -0.05) is 29.8 Å². The fourth-order valence-corrected chi connectivity index (χ4v) is 3.87. The van der Waals surface area contributed by atoms with Crippen LogP contribution in [0.1, 0.15) is 40.3 Å². The number of carbonyl (C=O) groups is 2. The van der Waals surface area contributed by atoms with Crippen molar-refractivity contribution in [2.24, 2.45) is 0 Å². The number of anilines is 1.